The summed E-state index contributed by atoms with van der Waals surface area (Å²) in [6, 6.07) is 28.7. The molecule has 0 spiro atoms. The van der Waals surface area contributed by atoms with Crippen molar-refractivity contribution in [1.29, 1.82) is 0 Å². The third kappa shape index (κ3) is 6.59. The van der Waals surface area contributed by atoms with Crippen LogP contribution in [0.1, 0.15) is 49.9 Å². The molecule has 0 heterocycles. The number of carbonyl (C=O) groups excluding carboxylic acids is 2. The van der Waals surface area contributed by atoms with E-state index in [-0.39, 0.29) is 16.6 Å². The summed E-state index contributed by atoms with van der Waals surface area (Å²) in [5.74, 6) is 1.31. The van der Waals surface area contributed by atoms with Gasteiger partial charge in [-0.2, -0.15) is 0 Å². The third-order valence-electron chi connectivity index (χ3n) is 6.92. The lowest BCUT2D eigenvalue weighted by atomic mass is 9.78. The largest absolute Gasteiger partial charge is 0.519 e. The first-order valence-corrected chi connectivity index (χ1v) is 12.7. The van der Waals surface area contributed by atoms with E-state index in [0.29, 0.717) is 17.2 Å². The average molecular weight is 545 g/mol. The molecule has 200 valence electrons. The second-order valence-corrected chi connectivity index (χ2v) is 10.5. The average Bonchev–Trinajstić information content (AvgIpc) is 2.89. The number of benzene rings is 4. The van der Waals surface area contributed by atoms with Crippen LogP contribution in [0.4, 0.5) is 9.59 Å². The molecule has 0 bridgehead atoms. The van der Waals surface area contributed by atoms with Crippen LogP contribution >= 0.6 is 11.6 Å². The maximum atomic E-state index is 12.4. The van der Waals surface area contributed by atoms with Gasteiger partial charge in [0.05, 0.1) is 0 Å². The highest BCUT2D eigenvalue weighted by Crippen LogP contribution is 2.35. The molecule has 4 aromatic carbocycles. The van der Waals surface area contributed by atoms with E-state index < -0.39 is 11.6 Å². The Labute approximate surface area is 232 Å². The molecule has 1 N–H and O–H groups in total. The van der Waals surface area contributed by atoms with Crippen LogP contribution in [0.2, 0.25) is 0 Å². The van der Waals surface area contributed by atoms with Gasteiger partial charge in [0.15, 0.2) is 0 Å². The molecular formula is C32H29ClO6. The number of hydrogen-bond donors (Lipinski definition) is 1. The smallest absolute Gasteiger partial charge is 0.508 e. The van der Waals surface area contributed by atoms with Crippen molar-refractivity contribution in [1.82, 2.24) is 0 Å². The normalized spacial score (nSPS) is 11.5. The van der Waals surface area contributed by atoms with Crippen LogP contribution in [-0.4, -0.2) is 16.7 Å². The van der Waals surface area contributed by atoms with Crippen LogP contribution in [-0.2, 0) is 10.8 Å². The van der Waals surface area contributed by atoms with Crippen molar-refractivity contribution >= 4 is 23.2 Å². The van der Waals surface area contributed by atoms with Crippen LogP contribution in [0.3, 0.4) is 0 Å². The highest BCUT2D eigenvalue weighted by atomic mass is 35.5. The Balaban J connectivity index is 1.38. The Morgan fingerprint density at radius 2 is 0.821 bits per heavy atom. The summed E-state index contributed by atoms with van der Waals surface area (Å²) >= 11 is 5.27. The summed E-state index contributed by atoms with van der Waals surface area (Å²) in [4.78, 5) is 23.3. The molecule has 4 rings (SSSR count). The predicted octanol–water partition coefficient (Wildman–Crippen LogP) is 8.36. The van der Waals surface area contributed by atoms with Gasteiger partial charge in [-0.05, 0) is 70.8 Å². The standard InChI is InChI=1S/C32H29ClO6/c1-31(2,21-5-13-25(34)14-6-21)23-9-17-27(18-10-23)38-30(36)39-28-19-11-24(12-20-28)32(3,4)22-7-15-26(16-8-22)37-29(33)35/h5-20,34H,1-4H3. The fraction of sp³-hybridized carbons (Fsp3) is 0.188. The van der Waals surface area contributed by atoms with Gasteiger partial charge in [0.2, 0.25) is 0 Å². The number of halogens is 1. The third-order valence-corrected chi connectivity index (χ3v) is 6.99. The highest BCUT2D eigenvalue weighted by molar-refractivity contribution is 6.61. The monoisotopic (exact) mass is 544 g/mol. The molecule has 0 saturated heterocycles. The van der Waals surface area contributed by atoms with Crippen molar-refractivity contribution in [3.63, 3.8) is 0 Å². The number of rotatable bonds is 7. The van der Waals surface area contributed by atoms with Crippen LogP contribution in [0.15, 0.2) is 97.1 Å². The summed E-state index contributed by atoms with van der Waals surface area (Å²) in [5.41, 5.74) is 2.52. The summed E-state index contributed by atoms with van der Waals surface area (Å²) in [6.07, 6.45) is -0.836. The van der Waals surface area contributed by atoms with Gasteiger partial charge in [-0.15, -0.1) is 0 Å². The van der Waals surface area contributed by atoms with Crippen molar-refractivity contribution in [3.05, 3.63) is 119 Å². The van der Waals surface area contributed by atoms with E-state index in [1.54, 1.807) is 48.5 Å². The first-order chi connectivity index (χ1) is 18.4. The minimum absolute atomic E-state index is 0.221. The van der Waals surface area contributed by atoms with Crippen LogP contribution < -0.4 is 14.2 Å². The minimum Gasteiger partial charge on any atom is -0.508 e. The Morgan fingerprint density at radius 1 is 0.538 bits per heavy atom. The van der Waals surface area contributed by atoms with E-state index in [2.05, 4.69) is 27.7 Å². The van der Waals surface area contributed by atoms with E-state index in [4.69, 9.17) is 25.8 Å². The van der Waals surface area contributed by atoms with Crippen LogP contribution in [0.25, 0.3) is 0 Å². The van der Waals surface area contributed by atoms with Crippen LogP contribution in [0, 0.1) is 0 Å². The molecule has 0 unspecified atom stereocenters. The lowest BCUT2D eigenvalue weighted by molar-refractivity contribution is 0.152. The number of phenolic OH excluding ortho intramolecular Hbond substituents is 1. The van der Waals surface area contributed by atoms with E-state index in [0.717, 1.165) is 22.3 Å². The molecule has 0 aromatic heterocycles. The van der Waals surface area contributed by atoms with Gasteiger partial charge in [-0.25, -0.2) is 9.59 Å². The van der Waals surface area contributed by atoms with E-state index in [1.807, 2.05) is 48.5 Å². The summed E-state index contributed by atoms with van der Waals surface area (Å²) < 4.78 is 15.6. The Hall–Kier alpha value is -4.29. The van der Waals surface area contributed by atoms with Gasteiger partial charge in [-0.1, -0.05) is 76.2 Å². The zero-order chi connectivity index (χ0) is 28.2. The molecule has 0 atom stereocenters. The lowest BCUT2D eigenvalue weighted by Gasteiger charge is -2.26. The fourth-order valence-electron chi connectivity index (χ4n) is 4.34. The Morgan fingerprint density at radius 3 is 1.13 bits per heavy atom. The number of hydrogen-bond acceptors (Lipinski definition) is 6. The van der Waals surface area contributed by atoms with Crippen molar-refractivity contribution < 1.29 is 28.9 Å². The zero-order valence-electron chi connectivity index (χ0n) is 22.1. The molecule has 0 radical (unpaired) electrons. The summed E-state index contributed by atoms with van der Waals surface area (Å²) in [6.45, 7) is 8.29. The number of ether oxygens (including phenoxy) is 3. The van der Waals surface area contributed by atoms with Gasteiger partial charge >= 0.3 is 11.6 Å². The van der Waals surface area contributed by atoms with E-state index in [9.17, 15) is 14.7 Å². The molecule has 0 aliphatic heterocycles. The maximum Gasteiger partial charge on any atom is 0.519 e. The first kappa shape index (κ1) is 27.7. The zero-order valence-corrected chi connectivity index (χ0v) is 22.9. The number of carbonyl (C=O) groups is 2. The Kier molecular flexibility index (Phi) is 7.98. The second kappa shape index (κ2) is 11.2. The number of aromatic hydroxyl groups is 1. The summed E-state index contributed by atoms with van der Waals surface area (Å²) in [7, 11) is 0. The topological polar surface area (TPSA) is 82.1 Å². The fourth-order valence-corrected chi connectivity index (χ4v) is 4.43. The SMILES string of the molecule is CC(C)(c1ccc(O)cc1)c1ccc(OC(=O)Oc2ccc(C(C)(C)c3ccc(OC(=O)Cl)cc3)cc2)cc1. The van der Waals surface area contributed by atoms with Gasteiger partial charge in [0.25, 0.3) is 0 Å². The number of phenols is 1. The molecule has 0 fully saturated rings. The highest BCUT2D eigenvalue weighted by Gasteiger charge is 2.25. The molecule has 0 saturated carbocycles. The predicted molar refractivity (Wildman–Crippen MR) is 150 cm³/mol. The van der Waals surface area contributed by atoms with E-state index >= 15 is 0 Å². The maximum absolute atomic E-state index is 12.4. The Bertz CT molecular complexity index is 1440. The van der Waals surface area contributed by atoms with Crippen molar-refractivity contribution in [2.75, 3.05) is 0 Å². The van der Waals surface area contributed by atoms with Crippen molar-refractivity contribution in [2.24, 2.45) is 0 Å². The van der Waals surface area contributed by atoms with Crippen LogP contribution in [0.5, 0.6) is 23.0 Å². The molecular weight excluding hydrogens is 516 g/mol. The van der Waals surface area contributed by atoms with Gasteiger partial charge in [-0.3, -0.25) is 0 Å². The quantitative estimate of drug-likeness (QED) is 0.143. The molecule has 7 heteroatoms. The van der Waals surface area contributed by atoms with Crippen molar-refractivity contribution in [3.8, 4) is 23.0 Å². The van der Waals surface area contributed by atoms with Gasteiger partial charge < -0.3 is 19.3 Å². The molecule has 0 aliphatic rings. The molecule has 39 heavy (non-hydrogen) atoms. The second-order valence-electron chi connectivity index (χ2n) is 10.2. The van der Waals surface area contributed by atoms with Gasteiger partial charge in [0.1, 0.15) is 23.0 Å². The van der Waals surface area contributed by atoms with Gasteiger partial charge in [0, 0.05) is 22.4 Å². The first-order valence-electron chi connectivity index (χ1n) is 12.3. The summed E-state index contributed by atoms with van der Waals surface area (Å²) in [5, 5.41) is 9.57. The van der Waals surface area contributed by atoms with E-state index in [1.165, 1.54) is 0 Å². The minimum atomic E-state index is -0.886. The molecule has 4 aromatic rings. The molecule has 0 aliphatic carbocycles. The lowest BCUT2D eigenvalue weighted by Crippen LogP contribution is -2.19. The van der Waals surface area contributed by atoms with Crippen molar-refractivity contribution in [2.45, 2.75) is 38.5 Å². The molecule has 6 nitrogen and oxygen atoms in total. The molecule has 0 amide bonds.